The van der Waals surface area contributed by atoms with E-state index in [0.717, 1.165) is 30.8 Å². The lowest BCUT2D eigenvalue weighted by Crippen LogP contribution is -2.18. The predicted molar refractivity (Wildman–Crippen MR) is 62.4 cm³/mol. The van der Waals surface area contributed by atoms with Crippen LogP contribution >= 0.6 is 0 Å². The molecule has 0 bridgehead atoms. The molecule has 0 saturated heterocycles. The summed E-state index contributed by atoms with van der Waals surface area (Å²) in [5, 5.41) is 14.2. The minimum Gasteiger partial charge on any atom is -0.476 e. The molecule has 6 heteroatoms. The van der Waals surface area contributed by atoms with Crippen molar-refractivity contribution >= 4 is 5.69 Å². The normalized spacial score (nSPS) is 19.3. The van der Waals surface area contributed by atoms with E-state index in [1.165, 1.54) is 7.11 Å². The van der Waals surface area contributed by atoms with E-state index in [1.807, 2.05) is 6.92 Å². The molecule has 1 unspecified atom stereocenters. The molecule has 0 saturated carbocycles. The fourth-order valence-electron chi connectivity index (χ4n) is 2.08. The monoisotopic (exact) mass is 237 g/mol. The summed E-state index contributed by atoms with van der Waals surface area (Å²) in [4.78, 5) is 14.7. The Hall–Kier alpha value is -1.69. The van der Waals surface area contributed by atoms with Crippen LogP contribution in [0.1, 0.15) is 24.1 Å². The minimum absolute atomic E-state index is 0.0556. The summed E-state index contributed by atoms with van der Waals surface area (Å²) in [5.74, 6) is 0.326. The first-order chi connectivity index (χ1) is 8.13. The Morgan fingerprint density at radius 2 is 2.41 bits per heavy atom. The van der Waals surface area contributed by atoms with Crippen LogP contribution in [0.5, 0.6) is 5.88 Å². The van der Waals surface area contributed by atoms with Crippen LogP contribution in [0.2, 0.25) is 0 Å². The molecule has 0 spiro atoms. The third-order valence-corrected chi connectivity index (χ3v) is 2.99. The largest absolute Gasteiger partial charge is 0.476 e. The highest BCUT2D eigenvalue weighted by Gasteiger charge is 2.24. The van der Waals surface area contributed by atoms with Gasteiger partial charge in [-0.15, -0.1) is 0 Å². The summed E-state index contributed by atoms with van der Waals surface area (Å²) in [6, 6.07) is 1.60. The number of ether oxygens (including phenoxy) is 1. The molecule has 0 fully saturated rings. The van der Waals surface area contributed by atoms with Crippen LogP contribution in [0.4, 0.5) is 5.69 Å². The van der Waals surface area contributed by atoms with Crippen molar-refractivity contribution in [3.63, 3.8) is 0 Å². The van der Waals surface area contributed by atoms with E-state index < -0.39 is 4.92 Å². The van der Waals surface area contributed by atoms with E-state index in [1.54, 1.807) is 6.07 Å². The van der Waals surface area contributed by atoms with Gasteiger partial charge in [-0.3, -0.25) is 10.1 Å². The smallest absolute Gasteiger partial charge is 0.331 e. The molecule has 1 N–H and O–H groups in total. The molecule has 0 aromatic carbocycles. The highest BCUT2D eigenvalue weighted by molar-refractivity contribution is 5.47. The number of rotatable bonds is 2. The molecule has 17 heavy (non-hydrogen) atoms. The number of fused-ring (bicyclic) bond motifs is 1. The molecule has 2 heterocycles. The van der Waals surface area contributed by atoms with E-state index in [-0.39, 0.29) is 17.5 Å². The molecule has 0 aliphatic carbocycles. The summed E-state index contributed by atoms with van der Waals surface area (Å²) < 4.78 is 4.98. The van der Waals surface area contributed by atoms with Crippen LogP contribution in [-0.2, 0) is 6.42 Å². The van der Waals surface area contributed by atoms with Crippen molar-refractivity contribution < 1.29 is 9.66 Å². The van der Waals surface area contributed by atoms with E-state index in [0.29, 0.717) is 0 Å². The van der Waals surface area contributed by atoms with Crippen molar-refractivity contribution in [3.8, 4) is 5.88 Å². The lowest BCUT2D eigenvalue weighted by molar-refractivity contribution is -0.386. The molecule has 1 aliphatic rings. The predicted octanol–water partition coefficient (Wildman–Crippen LogP) is 1.25. The zero-order valence-corrected chi connectivity index (χ0v) is 9.90. The Labute approximate surface area is 99.2 Å². The van der Waals surface area contributed by atoms with Crippen LogP contribution in [0.3, 0.4) is 0 Å². The van der Waals surface area contributed by atoms with E-state index in [4.69, 9.17) is 4.74 Å². The fourth-order valence-corrected chi connectivity index (χ4v) is 2.08. The van der Waals surface area contributed by atoms with Crippen molar-refractivity contribution in [3.05, 3.63) is 27.4 Å². The van der Waals surface area contributed by atoms with Crippen LogP contribution in [0.15, 0.2) is 6.07 Å². The number of nitrogens with one attached hydrogen (secondary N) is 1. The number of nitro groups is 1. The van der Waals surface area contributed by atoms with Gasteiger partial charge in [0, 0.05) is 31.3 Å². The first-order valence-electron chi connectivity index (χ1n) is 5.56. The standard InChI is InChI=1S/C11H15N3O3/c1-7-6-12-4-3-9-8(7)5-10(14(15)16)11(13-9)17-2/h5,7,12H,3-4,6H2,1-2H3. The average molecular weight is 237 g/mol. The number of pyridine rings is 1. The Balaban J connectivity index is 2.54. The summed E-state index contributed by atoms with van der Waals surface area (Å²) in [7, 11) is 1.40. The Morgan fingerprint density at radius 1 is 1.65 bits per heavy atom. The summed E-state index contributed by atoms with van der Waals surface area (Å²) in [6.07, 6.45) is 0.772. The van der Waals surface area contributed by atoms with Gasteiger partial charge >= 0.3 is 5.69 Å². The SMILES string of the molecule is COc1nc2c(cc1[N+](=O)[O-])C(C)CNCC2. The molecule has 0 amide bonds. The van der Waals surface area contributed by atoms with Gasteiger partial charge in [0.15, 0.2) is 0 Å². The van der Waals surface area contributed by atoms with Crippen molar-refractivity contribution in [2.75, 3.05) is 20.2 Å². The van der Waals surface area contributed by atoms with Crippen molar-refractivity contribution in [2.45, 2.75) is 19.3 Å². The first kappa shape index (κ1) is 11.8. The average Bonchev–Trinajstić information content (AvgIpc) is 2.49. The van der Waals surface area contributed by atoms with Gasteiger partial charge in [-0.05, 0) is 11.5 Å². The second-order valence-electron chi connectivity index (χ2n) is 4.16. The maximum absolute atomic E-state index is 10.9. The first-order valence-corrected chi connectivity index (χ1v) is 5.56. The molecule has 2 rings (SSSR count). The Kier molecular flexibility index (Phi) is 3.23. The molecule has 1 aromatic heterocycles. The number of methoxy groups -OCH3 is 1. The molecule has 0 radical (unpaired) electrons. The highest BCUT2D eigenvalue weighted by Crippen LogP contribution is 2.31. The van der Waals surface area contributed by atoms with Crippen molar-refractivity contribution in [1.82, 2.24) is 10.3 Å². The van der Waals surface area contributed by atoms with Gasteiger partial charge < -0.3 is 10.1 Å². The third kappa shape index (κ3) is 2.21. The lowest BCUT2D eigenvalue weighted by atomic mass is 9.99. The van der Waals surface area contributed by atoms with Crippen LogP contribution in [0, 0.1) is 10.1 Å². The molecule has 6 nitrogen and oxygen atoms in total. The van der Waals surface area contributed by atoms with Crippen LogP contribution in [0.25, 0.3) is 0 Å². The van der Waals surface area contributed by atoms with Gasteiger partial charge in [-0.25, -0.2) is 4.98 Å². The van der Waals surface area contributed by atoms with E-state index >= 15 is 0 Å². The number of hydrogen-bond acceptors (Lipinski definition) is 5. The van der Waals surface area contributed by atoms with Gasteiger partial charge in [-0.1, -0.05) is 6.92 Å². The van der Waals surface area contributed by atoms with E-state index in [2.05, 4.69) is 10.3 Å². The number of nitrogens with zero attached hydrogens (tertiary/aromatic N) is 2. The second-order valence-corrected chi connectivity index (χ2v) is 4.16. The molecule has 1 aliphatic heterocycles. The molecular formula is C11H15N3O3. The molecule has 1 aromatic rings. The maximum Gasteiger partial charge on any atom is 0.331 e. The van der Waals surface area contributed by atoms with Crippen molar-refractivity contribution in [2.24, 2.45) is 0 Å². The Morgan fingerprint density at radius 3 is 3.06 bits per heavy atom. The zero-order valence-electron chi connectivity index (χ0n) is 9.90. The maximum atomic E-state index is 10.9. The quantitative estimate of drug-likeness (QED) is 0.618. The zero-order chi connectivity index (χ0) is 12.4. The summed E-state index contributed by atoms with van der Waals surface area (Å²) >= 11 is 0. The highest BCUT2D eigenvalue weighted by atomic mass is 16.6. The molecule has 1 atom stereocenters. The van der Waals surface area contributed by atoms with Gasteiger partial charge in [0.2, 0.25) is 0 Å². The lowest BCUT2D eigenvalue weighted by Gasteiger charge is -2.12. The van der Waals surface area contributed by atoms with Crippen LogP contribution < -0.4 is 10.1 Å². The van der Waals surface area contributed by atoms with Crippen molar-refractivity contribution in [1.29, 1.82) is 0 Å². The van der Waals surface area contributed by atoms with Gasteiger partial charge in [0.25, 0.3) is 5.88 Å². The molecule has 92 valence electrons. The van der Waals surface area contributed by atoms with Gasteiger partial charge in [0.05, 0.1) is 12.0 Å². The summed E-state index contributed by atoms with van der Waals surface area (Å²) in [5.41, 5.74) is 1.78. The second kappa shape index (κ2) is 4.67. The fraction of sp³-hybridized carbons (Fsp3) is 0.545. The van der Waals surface area contributed by atoms with Crippen LogP contribution in [-0.4, -0.2) is 30.1 Å². The number of hydrogen-bond donors (Lipinski definition) is 1. The minimum atomic E-state index is -0.447. The third-order valence-electron chi connectivity index (χ3n) is 2.99. The van der Waals surface area contributed by atoms with Gasteiger partial charge in [0.1, 0.15) is 0 Å². The Bertz CT molecular complexity index is 448. The number of aromatic nitrogens is 1. The molecular weight excluding hydrogens is 222 g/mol. The topological polar surface area (TPSA) is 77.3 Å². The van der Waals surface area contributed by atoms with Gasteiger partial charge in [-0.2, -0.15) is 0 Å². The summed E-state index contributed by atoms with van der Waals surface area (Å²) in [6.45, 7) is 3.69. The van der Waals surface area contributed by atoms with E-state index in [9.17, 15) is 10.1 Å².